The average Bonchev–Trinajstić information content (AvgIpc) is 2.63. The number of ether oxygens (including phenoxy) is 2. The molecule has 0 aromatic heterocycles. The molecule has 0 aliphatic heterocycles. The summed E-state index contributed by atoms with van der Waals surface area (Å²) in [5.74, 6) is 0.961. The van der Waals surface area contributed by atoms with E-state index < -0.39 is 0 Å². The number of rotatable bonds is 12. The maximum absolute atomic E-state index is 5.47. The van der Waals surface area contributed by atoms with Crippen molar-refractivity contribution in [1.29, 1.82) is 0 Å². The molecule has 1 aromatic carbocycles. The van der Waals surface area contributed by atoms with Crippen molar-refractivity contribution in [3.63, 3.8) is 0 Å². The van der Waals surface area contributed by atoms with Gasteiger partial charge in [0.1, 0.15) is 0 Å². The second-order valence-corrected chi connectivity index (χ2v) is 6.07. The molecule has 25 heavy (non-hydrogen) atoms. The highest BCUT2D eigenvalue weighted by molar-refractivity contribution is 5.79. The van der Waals surface area contributed by atoms with E-state index in [0.717, 1.165) is 51.5 Å². The first-order chi connectivity index (χ1) is 12.2. The normalized spacial score (nSPS) is 11.6. The third-order valence-corrected chi connectivity index (χ3v) is 3.94. The summed E-state index contributed by atoms with van der Waals surface area (Å²) < 4.78 is 10.4. The first-order valence-corrected chi connectivity index (χ1v) is 9.35. The van der Waals surface area contributed by atoms with E-state index in [1.54, 1.807) is 7.11 Å². The summed E-state index contributed by atoms with van der Waals surface area (Å²) in [6.45, 7) is 8.93. The summed E-state index contributed by atoms with van der Waals surface area (Å²) in [4.78, 5) is 6.91. The fourth-order valence-electron chi connectivity index (χ4n) is 2.44. The van der Waals surface area contributed by atoms with Gasteiger partial charge < -0.3 is 19.7 Å². The fourth-order valence-corrected chi connectivity index (χ4v) is 2.44. The molecule has 142 valence electrons. The van der Waals surface area contributed by atoms with E-state index in [9.17, 15) is 0 Å². The lowest BCUT2D eigenvalue weighted by Crippen LogP contribution is -2.38. The van der Waals surface area contributed by atoms with Gasteiger partial charge in [-0.2, -0.15) is 0 Å². The summed E-state index contributed by atoms with van der Waals surface area (Å²) in [6, 6.07) is 8.82. The molecule has 1 N–H and O–H groups in total. The van der Waals surface area contributed by atoms with Gasteiger partial charge >= 0.3 is 0 Å². The van der Waals surface area contributed by atoms with E-state index >= 15 is 0 Å². The summed E-state index contributed by atoms with van der Waals surface area (Å²) in [7, 11) is 3.78. The Morgan fingerprint density at radius 2 is 1.76 bits per heavy atom. The molecule has 5 nitrogen and oxygen atoms in total. The minimum atomic E-state index is 0.659. The number of nitrogens with zero attached hydrogens (tertiary/aromatic N) is 2. The number of guanidine groups is 1. The Morgan fingerprint density at radius 3 is 2.40 bits per heavy atom. The van der Waals surface area contributed by atoms with Crippen molar-refractivity contribution in [3.05, 3.63) is 35.4 Å². The monoisotopic (exact) mass is 349 g/mol. The van der Waals surface area contributed by atoms with Gasteiger partial charge in [-0.25, -0.2) is 0 Å². The summed E-state index contributed by atoms with van der Waals surface area (Å²) in [6.07, 6.45) is 3.13. The molecule has 0 bridgehead atoms. The lowest BCUT2D eigenvalue weighted by molar-refractivity contribution is 0.0690. The third kappa shape index (κ3) is 9.46. The van der Waals surface area contributed by atoms with Gasteiger partial charge in [0.05, 0.1) is 13.2 Å². The highest BCUT2D eigenvalue weighted by atomic mass is 16.5. The van der Waals surface area contributed by atoms with Gasteiger partial charge in [0.25, 0.3) is 0 Å². The number of benzene rings is 1. The SMILES string of the molecule is CCNC(=NCCCCOCCOC)N(C)Cc1ccc(CC)cc1. The van der Waals surface area contributed by atoms with Gasteiger partial charge in [-0.15, -0.1) is 0 Å². The average molecular weight is 350 g/mol. The maximum Gasteiger partial charge on any atom is 0.193 e. The van der Waals surface area contributed by atoms with Gasteiger partial charge in [0.15, 0.2) is 5.96 Å². The van der Waals surface area contributed by atoms with Crippen molar-refractivity contribution in [2.75, 3.05) is 47.1 Å². The molecule has 1 aromatic rings. The molecule has 0 aliphatic rings. The number of hydrogen-bond donors (Lipinski definition) is 1. The quantitative estimate of drug-likeness (QED) is 0.358. The predicted molar refractivity (Wildman–Crippen MR) is 105 cm³/mol. The van der Waals surface area contributed by atoms with E-state index in [1.165, 1.54) is 11.1 Å². The smallest absolute Gasteiger partial charge is 0.193 e. The van der Waals surface area contributed by atoms with Crippen LogP contribution < -0.4 is 5.32 Å². The Hall–Kier alpha value is -1.59. The minimum absolute atomic E-state index is 0.659. The fraction of sp³-hybridized carbons (Fsp3) is 0.650. The Morgan fingerprint density at radius 1 is 1.04 bits per heavy atom. The minimum Gasteiger partial charge on any atom is -0.382 e. The Kier molecular flexibility index (Phi) is 11.7. The standard InChI is InChI=1S/C20H35N3O2/c1-5-18-9-11-19(12-10-18)17-23(3)20(21-6-2)22-13-7-8-14-25-16-15-24-4/h9-12H,5-8,13-17H2,1-4H3,(H,21,22). The van der Waals surface area contributed by atoms with Crippen molar-refractivity contribution in [2.24, 2.45) is 4.99 Å². The van der Waals surface area contributed by atoms with Crippen LogP contribution in [0.2, 0.25) is 0 Å². The first kappa shape index (κ1) is 21.5. The van der Waals surface area contributed by atoms with Crippen LogP contribution in [0.15, 0.2) is 29.3 Å². The van der Waals surface area contributed by atoms with E-state index in [2.05, 4.69) is 55.4 Å². The lowest BCUT2D eigenvalue weighted by Gasteiger charge is -2.22. The summed E-state index contributed by atoms with van der Waals surface area (Å²) in [5, 5.41) is 3.37. The molecule has 0 heterocycles. The molecule has 0 unspecified atom stereocenters. The van der Waals surface area contributed by atoms with Gasteiger partial charge in [-0.1, -0.05) is 31.2 Å². The van der Waals surface area contributed by atoms with Gasteiger partial charge in [-0.3, -0.25) is 4.99 Å². The predicted octanol–water partition coefficient (Wildman–Crippen LogP) is 3.09. The van der Waals surface area contributed by atoms with Crippen LogP contribution in [0.3, 0.4) is 0 Å². The van der Waals surface area contributed by atoms with Crippen LogP contribution in [0, 0.1) is 0 Å². The molecule has 0 saturated heterocycles. The van der Waals surface area contributed by atoms with Crippen molar-refractivity contribution in [1.82, 2.24) is 10.2 Å². The Balaban J connectivity index is 2.39. The molecule has 1 rings (SSSR count). The molecular weight excluding hydrogens is 314 g/mol. The maximum atomic E-state index is 5.47. The lowest BCUT2D eigenvalue weighted by atomic mass is 10.1. The molecule has 0 fully saturated rings. The number of nitrogens with one attached hydrogen (secondary N) is 1. The van der Waals surface area contributed by atoms with E-state index in [1.807, 2.05) is 0 Å². The van der Waals surface area contributed by atoms with E-state index in [0.29, 0.717) is 13.2 Å². The van der Waals surface area contributed by atoms with Crippen LogP contribution in [0.25, 0.3) is 0 Å². The van der Waals surface area contributed by atoms with Crippen LogP contribution >= 0.6 is 0 Å². The molecule has 0 aliphatic carbocycles. The zero-order valence-corrected chi connectivity index (χ0v) is 16.4. The Labute approximate surface area is 153 Å². The van der Waals surface area contributed by atoms with Gasteiger partial charge in [0, 0.05) is 40.4 Å². The third-order valence-electron chi connectivity index (χ3n) is 3.94. The van der Waals surface area contributed by atoms with Crippen molar-refractivity contribution < 1.29 is 9.47 Å². The largest absolute Gasteiger partial charge is 0.382 e. The molecular formula is C20H35N3O2. The summed E-state index contributed by atoms with van der Waals surface area (Å²) >= 11 is 0. The summed E-state index contributed by atoms with van der Waals surface area (Å²) in [5.41, 5.74) is 2.68. The zero-order chi connectivity index (χ0) is 18.3. The van der Waals surface area contributed by atoms with Gasteiger partial charge in [-0.05, 0) is 37.3 Å². The van der Waals surface area contributed by atoms with Crippen molar-refractivity contribution >= 4 is 5.96 Å². The number of methoxy groups -OCH3 is 1. The number of aliphatic imine (C=N–C) groups is 1. The second kappa shape index (κ2) is 13.7. The van der Waals surface area contributed by atoms with Crippen molar-refractivity contribution in [3.8, 4) is 0 Å². The van der Waals surface area contributed by atoms with Crippen molar-refractivity contribution in [2.45, 2.75) is 39.7 Å². The zero-order valence-electron chi connectivity index (χ0n) is 16.4. The van der Waals surface area contributed by atoms with Crippen LogP contribution in [0.1, 0.15) is 37.8 Å². The first-order valence-electron chi connectivity index (χ1n) is 9.35. The van der Waals surface area contributed by atoms with Crippen LogP contribution in [-0.4, -0.2) is 57.9 Å². The highest BCUT2D eigenvalue weighted by Gasteiger charge is 2.06. The molecule has 0 radical (unpaired) electrons. The van der Waals surface area contributed by atoms with E-state index in [4.69, 9.17) is 14.5 Å². The highest BCUT2D eigenvalue weighted by Crippen LogP contribution is 2.07. The van der Waals surface area contributed by atoms with Gasteiger partial charge in [0.2, 0.25) is 0 Å². The molecule has 0 atom stereocenters. The number of aryl methyl sites for hydroxylation is 1. The van der Waals surface area contributed by atoms with Crippen LogP contribution in [-0.2, 0) is 22.4 Å². The Bertz CT molecular complexity index is 474. The van der Waals surface area contributed by atoms with Crippen LogP contribution in [0.5, 0.6) is 0 Å². The number of unbranched alkanes of at least 4 members (excludes halogenated alkanes) is 1. The number of hydrogen-bond acceptors (Lipinski definition) is 3. The van der Waals surface area contributed by atoms with E-state index in [-0.39, 0.29) is 0 Å². The molecule has 0 spiro atoms. The topological polar surface area (TPSA) is 46.1 Å². The molecule has 0 saturated carbocycles. The molecule has 5 heteroatoms. The second-order valence-electron chi connectivity index (χ2n) is 6.07. The van der Waals surface area contributed by atoms with Crippen LogP contribution in [0.4, 0.5) is 0 Å². The molecule has 0 amide bonds.